The minimum absolute atomic E-state index is 0.190. The van der Waals surface area contributed by atoms with Gasteiger partial charge in [-0.25, -0.2) is 8.42 Å². The summed E-state index contributed by atoms with van der Waals surface area (Å²) < 4.78 is 25.3. The smallest absolute Gasteiger partial charge is 0.212 e. The minimum Gasteiger partial charge on any atom is -0.212 e. The van der Waals surface area contributed by atoms with Crippen molar-refractivity contribution >= 4 is 10.0 Å². The lowest BCUT2D eigenvalue weighted by Crippen LogP contribution is -2.31. The van der Waals surface area contributed by atoms with Crippen LogP contribution in [0.4, 0.5) is 0 Å². The van der Waals surface area contributed by atoms with Crippen molar-refractivity contribution in [3.05, 3.63) is 35.4 Å². The van der Waals surface area contributed by atoms with E-state index in [-0.39, 0.29) is 5.75 Å². The highest BCUT2D eigenvalue weighted by Gasteiger charge is 2.23. The van der Waals surface area contributed by atoms with Crippen LogP contribution in [-0.2, 0) is 23.0 Å². The third-order valence-corrected chi connectivity index (χ3v) is 4.90. The number of hydrogen-bond acceptors (Lipinski definition) is 2. The molecule has 0 saturated heterocycles. The predicted molar refractivity (Wildman–Crippen MR) is 64.6 cm³/mol. The first kappa shape index (κ1) is 11.6. The van der Waals surface area contributed by atoms with Gasteiger partial charge in [0.1, 0.15) is 0 Å². The fraction of sp³-hybridized carbons (Fsp3) is 0.500. The summed E-state index contributed by atoms with van der Waals surface area (Å²) in [6.07, 6.45) is 1.89. The first-order valence-electron chi connectivity index (χ1n) is 5.68. The van der Waals surface area contributed by atoms with Crippen molar-refractivity contribution in [2.45, 2.75) is 26.3 Å². The number of sulfonamides is 1. The zero-order valence-corrected chi connectivity index (χ0v) is 10.3. The van der Waals surface area contributed by atoms with Gasteiger partial charge in [0.2, 0.25) is 10.0 Å². The van der Waals surface area contributed by atoms with Crippen LogP contribution in [0.25, 0.3) is 0 Å². The van der Waals surface area contributed by atoms with Gasteiger partial charge >= 0.3 is 0 Å². The molecule has 0 spiro atoms. The van der Waals surface area contributed by atoms with Gasteiger partial charge in [0.05, 0.1) is 5.75 Å². The van der Waals surface area contributed by atoms with Gasteiger partial charge < -0.3 is 0 Å². The average molecular weight is 239 g/mol. The van der Waals surface area contributed by atoms with Crippen molar-refractivity contribution in [3.8, 4) is 0 Å². The summed E-state index contributed by atoms with van der Waals surface area (Å²) in [5.74, 6) is 0.190. The largest absolute Gasteiger partial charge is 0.214 e. The van der Waals surface area contributed by atoms with E-state index in [1.165, 1.54) is 5.56 Å². The zero-order chi connectivity index (χ0) is 11.6. The molecule has 0 saturated carbocycles. The first-order valence-corrected chi connectivity index (χ1v) is 7.29. The molecule has 0 N–H and O–H groups in total. The summed E-state index contributed by atoms with van der Waals surface area (Å²) in [4.78, 5) is 0. The van der Waals surface area contributed by atoms with E-state index in [0.717, 1.165) is 18.4 Å². The molecule has 3 nitrogen and oxygen atoms in total. The maximum atomic E-state index is 11.8. The average Bonchev–Trinajstić information content (AvgIpc) is 2.51. The van der Waals surface area contributed by atoms with Crippen LogP contribution in [0.2, 0.25) is 0 Å². The zero-order valence-electron chi connectivity index (χ0n) is 9.52. The third kappa shape index (κ3) is 2.28. The molecule has 0 radical (unpaired) electrons. The monoisotopic (exact) mass is 239 g/mol. The van der Waals surface area contributed by atoms with Crippen LogP contribution in [0.1, 0.15) is 24.5 Å². The summed E-state index contributed by atoms with van der Waals surface area (Å²) in [7, 11) is -3.05. The summed E-state index contributed by atoms with van der Waals surface area (Å²) >= 11 is 0. The second kappa shape index (κ2) is 4.55. The lowest BCUT2D eigenvalue weighted by molar-refractivity contribution is 0.411. The third-order valence-electron chi connectivity index (χ3n) is 3.08. The molecule has 16 heavy (non-hydrogen) atoms. The Morgan fingerprint density at radius 3 is 2.62 bits per heavy atom. The minimum atomic E-state index is -3.05. The lowest BCUT2D eigenvalue weighted by Gasteiger charge is -2.19. The number of benzene rings is 1. The molecular weight excluding hydrogens is 222 g/mol. The number of nitrogens with zero attached hydrogens (tertiary/aromatic N) is 1. The van der Waals surface area contributed by atoms with E-state index < -0.39 is 10.0 Å². The number of fused-ring (bicyclic) bond motifs is 1. The molecule has 0 atom stereocenters. The molecule has 0 aliphatic carbocycles. The van der Waals surface area contributed by atoms with Crippen molar-refractivity contribution in [1.29, 1.82) is 0 Å². The Kier molecular flexibility index (Phi) is 3.30. The topological polar surface area (TPSA) is 37.4 Å². The van der Waals surface area contributed by atoms with Crippen LogP contribution in [0.15, 0.2) is 24.3 Å². The van der Waals surface area contributed by atoms with E-state index in [1.54, 1.807) is 11.2 Å². The highest BCUT2D eigenvalue weighted by atomic mass is 32.2. The molecule has 1 aliphatic heterocycles. The van der Waals surface area contributed by atoms with E-state index in [4.69, 9.17) is 0 Å². The Balaban J connectivity index is 2.30. The van der Waals surface area contributed by atoms with Gasteiger partial charge in [0, 0.05) is 13.1 Å². The van der Waals surface area contributed by atoms with Gasteiger partial charge in [-0.3, -0.25) is 0 Å². The second-order valence-corrected chi connectivity index (χ2v) is 6.36. The van der Waals surface area contributed by atoms with Crippen molar-refractivity contribution in [2.75, 3.05) is 12.3 Å². The molecule has 1 aromatic carbocycles. The lowest BCUT2D eigenvalue weighted by atomic mass is 10.0. The Bertz CT molecular complexity index is 468. The van der Waals surface area contributed by atoms with Crippen LogP contribution >= 0.6 is 0 Å². The van der Waals surface area contributed by atoms with E-state index in [1.807, 2.05) is 18.2 Å². The normalized spacial score (nSPS) is 17.8. The van der Waals surface area contributed by atoms with Crippen LogP contribution in [-0.4, -0.2) is 25.0 Å². The molecule has 2 rings (SSSR count). The van der Waals surface area contributed by atoms with E-state index in [9.17, 15) is 8.42 Å². The van der Waals surface area contributed by atoms with Crippen LogP contribution < -0.4 is 0 Å². The molecule has 0 fully saturated rings. The van der Waals surface area contributed by atoms with E-state index in [2.05, 4.69) is 6.07 Å². The molecule has 1 aliphatic rings. The van der Waals surface area contributed by atoms with Crippen molar-refractivity contribution < 1.29 is 8.42 Å². The standard InChI is InChI=1S/C12H17NO2S/c1-2-16(14,15)13-9-5-8-11-6-3-4-7-12(11)10-13/h3-4,6-7H,2,5,8-10H2,1H3. The highest BCUT2D eigenvalue weighted by Crippen LogP contribution is 2.20. The molecule has 1 heterocycles. The summed E-state index contributed by atoms with van der Waals surface area (Å²) in [6.45, 7) is 2.88. The summed E-state index contributed by atoms with van der Waals surface area (Å²) in [6, 6.07) is 8.11. The summed E-state index contributed by atoms with van der Waals surface area (Å²) in [5.41, 5.74) is 2.44. The molecule has 4 heteroatoms. The molecular formula is C12H17NO2S. The van der Waals surface area contributed by atoms with E-state index in [0.29, 0.717) is 13.1 Å². The Labute approximate surface area is 97.1 Å². The SMILES string of the molecule is CCS(=O)(=O)N1CCCc2ccccc2C1. The summed E-state index contributed by atoms with van der Waals surface area (Å²) in [5, 5.41) is 0. The fourth-order valence-corrected chi connectivity index (χ4v) is 3.20. The van der Waals surface area contributed by atoms with Gasteiger partial charge in [-0.2, -0.15) is 4.31 Å². The fourth-order valence-electron chi connectivity index (χ4n) is 2.09. The maximum absolute atomic E-state index is 11.8. The number of rotatable bonds is 2. The molecule has 1 aromatic rings. The van der Waals surface area contributed by atoms with Gasteiger partial charge in [0.15, 0.2) is 0 Å². The second-order valence-electron chi connectivity index (χ2n) is 4.11. The number of aryl methyl sites for hydroxylation is 1. The quantitative estimate of drug-likeness (QED) is 0.789. The molecule has 0 unspecified atom stereocenters. The molecule has 0 aromatic heterocycles. The van der Waals surface area contributed by atoms with Crippen LogP contribution in [0.5, 0.6) is 0 Å². The molecule has 88 valence electrons. The van der Waals surface area contributed by atoms with Crippen molar-refractivity contribution in [1.82, 2.24) is 4.31 Å². The van der Waals surface area contributed by atoms with Gasteiger partial charge in [-0.15, -0.1) is 0 Å². The Morgan fingerprint density at radius 2 is 1.94 bits per heavy atom. The van der Waals surface area contributed by atoms with Crippen molar-refractivity contribution in [2.24, 2.45) is 0 Å². The number of hydrogen-bond donors (Lipinski definition) is 0. The highest BCUT2D eigenvalue weighted by molar-refractivity contribution is 7.89. The Morgan fingerprint density at radius 1 is 1.25 bits per heavy atom. The first-order chi connectivity index (χ1) is 7.63. The van der Waals surface area contributed by atoms with Crippen LogP contribution in [0, 0.1) is 0 Å². The van der Waals surface area contributed by atoms with Crippen molar-refractivity contribution in [3.63, 3.8) is 0 Å². The maximum Gasteiger partial charge on any atom is 0.214 e. The molecule has 0 bridgehead atoms. The van der Waals surface area contributed by atoms with E-state index >= 15 is 0 Å². The Hall–Kier alpha value is -0.870. The predicted octanol–water partition coefficient (Wildman–Crippen LogP) is 1.78. The van der Waals surface area contributed by atoms with Gasteiger partial charge in [-0.1, -0.05) is 24.3 Å². The molecule has 0 amide bonds. The van der Waals surface area contributed by atoms with Gasteiger partial charge in [0.25, 0.3) is 0 Å². The van der Waals surface area contributed by atoms with Gasteiger partial charge in [-0.05, 0) is 30.9 Å². The van der Waals surface area contributed by atoms with Crippen LogP contribution in [0.3, 0.4) is 0 Å².